The van der Waals surface area contributed by atoms with Gasteiger partial charge in [0.1, 0.15) is 5.75 Å². The van der Waals surface area contributed by atoms with E-state index in [1.165, 1.54) is 7.11 Å². The molecule has 0 saturated carbocycles. The summed E-state index contributed by atoms with van der Waals surface area (Å²) in [5.41, 5.74) is 15.7. The average molecular weight is 489 g/mol. The van der Waals surface area contributed by atoms with Crippen molar-refractivity contribution in [2.75, 3.05) is 20.7 Å². The van der Waals surface area contributed by atoms with Gasteiger partial charge in [0.05, 0.1) is 35.9 Å². The second-order valence-electron chi connectivity index (χ2n) is 7.74. The van der Waals surface area contributed by atoms with Crippen LogP contribution >= 0.6 is 23.2 Å². The Labute approximate surface area is 203 Å². The van der Waals surface area contributed by atoms with Gasteiger partial charge in [0, 0.05) is 35.4 Å². The number of carbonyl (C=O) groups is 2. The van der Waals surface area contributed by atoms with Crippen molar-refractivity contribution in [3.8, 4) is 5.75 Å². The Hall–Kier alpha value is -3.03. The van der Waals surface area contributed by atoms with Gasteiger partial charge >= 0.3 is 0 Å². The Bertz CT molecular complexity index is 1160. The standard InChI is InChI=1S/C24H26Cl2N4O3/c1-13-22(28)18(23(29-2)15-9-14(11-20(27)31)10-16(25)12-15)7-8-30(13)24(32)17-5-4-6-19(33-3)21(17)26/h4-6,9-10,12-13H,7-8,11,28H2,1-3H3,(H2,27,31)/t13-/m1/s1. The van der Waals surface area contributed by atoms with E-state index in [9.17, 15) is 9.59 Å². The molecule has 3 rings (SSSR count). The van der Waals surface area contributed by atoms with Crippen molar-refractivity contribution in [2.45, 2.75) is 25.8 Å². The maximum absolute atomic E-state index is 13.3. The first-order valence-electron chi connectivity index (χ1n) is 10.3. The van der Waals surface area contributed by atoms with Crippen molar-refractivity contribution < 1.29 is 14.3 Å². The summed E-state index contributed by atoms with van der Waals surface area (Å²) in [7, 11) is 3.17. The second kappa shape index (κ2) is 10.3. The fourth-order valence-electron chi connectivity index (χ4n) is 4.04. The summed E-state index contributed by atoms with van der Waals surface area (Å²) < 4.78 is 5.23. The minimum Gasteiger partial charge on any atom is -0.495 e. The maximum Gasteiger partial charge on any atom is 0.256 e. The monoisotopic (exact) mass is 488 g/mol. The fraction of sp³-hybridized carbons (Fsp3) is 0.292. The van der Waals surface area contributed by atoms with E-state index >= 15 is 0 Å². The Morgan fingerprint density at radius 1 is 1.24 bits per heavy atom. The average Bonchev–Trinajstić information content (AvgIpc) is 2.76. The molecule has 1 aliphatic heterocycles. The topological polar surface area (TPSA) is 111 Å². The number of amides is 2. The first-order chi connectivity index (χ1) is 15.7. The first-order valence-corrected chi connectivity index (χ1v) is 11.1. The molecular weight excluding hydrogens is 463 g/mol. The van der Waals surface area contributed by atoms with Crippen LogP contribution in [0.3, 0.4) is 0 Å². The summed E-state index contributed by atoms with van der Waals surface area (Å²) >= 11 is 12.7. The molecule has 7 nitrogen and oxygen atoms in total. The molecule has 0 aliphatic carbocycles. The van der Waals surface area contributed by atoms with Gasteiger partial charge in [-0.2, -0.15) is 0 Å². The molecule has 174 valence electrons. The van der Waals surface area contributed by atoms with Crippen LogP contribution < -0.4 is 16.2 Å². The Morgan fingerprint density at radius 2 is 1.97 bits per heavy atom. The van der Waals surface area contributed by atoms with Crippen molar-refractivity contribution in [1.29, 1.82) is 0 Å². The number of benzene rings is 2. The third-order valence-corrected chi connectivity index (χ3v) is 6.27. The van der Waals surface area contributed by atoms with Crippen LogP contribution in [0.5, 0.6) is 5.75 Å². The summed E-state index contributed by atoms with van der Waals surface area (Å²) in [6, 6.07) is 10.0. The summed E-state index contributed by atoms with van der Waals surface area (Å²) in [6.45, 7) is 2.29. The summed E-state index contributed by atoms with van der Waals surface area (Å²) in [5.74, 6) is -0.243. The lowest BCUT2D eigenvalue weighted by atomic mass is 9.90. The predicted octanol–water partition coefficient (Wildman–Crippen LogP) is 3.60. The van der Waals surface area contributed by atoms with Crippen LogP contribution in [-0.4, -0.2) is 49.2 Å². The van der Waals surface area contributed by atoms with Crippen molar-refractivity contribution in [1.82, 2.24) is 4.90 Å². The molecule has 9 heteroatoms. The number of aliphatic imine (C=N–C) groups is 1. The SMILES string of the molecule is CN=C(C1=C(N)[C@@H](C)N(C(=O)c2cccc(OC)c2Cl)CC1)c1cc(Cl)cc(CC(N)=O)c1. The van der Waals surface area contributed by atoms with Gasteiger partial charge in [-0.15, -0.1) is 0 Å². The zero-order valence-corrected chi connectivity index (χ0v) is 20.2. The van der Waals surface area contributed by atoms with E-state index in [4.69, 9.17) is 39.4 Å². The normalized spacial score (nSPS) is 16.7. The molecule has 2 aromatic carbocycles. The van der Waals surface area contributed by atoms with Crippen LogP contribution in [0.1, 0.15) is 34.8 Å². The van der Waals surface area contributed by atoms with E-state index in [0.29, 0.717) is 46.3 Å². The van der Waals surface area contributed by atoms with E-state index in [1.807, 2.05) is 13.0 Å². The molecule has 1 heterocycles. The Morgan fingerprint density at radius 3 is 2.61 bits per heavy atom. The molecule has 2 amide bonds. The minimum absolute atomic E-state index is 0.0685. The maximum atomic E-state index is 13.3. The second-order valence-corrected chi connectivity index (χ2v) is 8.56. The molecule has 0 unspecified atom stereocenters. The highest BCUT2D eigenvalue weighted by molar-refractivity contribution is 6.35. The van der Waals surface area contributed by atoms with Gasteiger partial charge in [-0.3, -0.25) is 14.6 Å². The molecule has 0 spiro atoms. The van der Waals surface area contributed by atoms with Gasteiger partial charge < -0.3 is 21.1 Å². The van der Waals surface area contributed by atoms with Crippen LogP contribution in [0.25, 0.3) is 0 Å². The number of rotatable bonds is 6. The van der Waals surface area contributed by atoms with Gasteiger partial charge in [-0.25, -0.2) is 0 Å². The van der Waals surface area contributed by atoms with Gasteiger partial charge in [-0.05, 0) is 49.2 Å². The fourth-order valence-corrected chi connectivity index (χ4v) is 4.58. The molecule has 33 heavy (non-hydrogen) atoms. The molecule has 2 aromatic rings. The molecule has 1 atom stereocenters. The highest BCUT2D eigenvalue weighted by Crippen LogP contribution is 2.32. The highest BCUT2D eigenvalue weighted by atomic mass is 35.5. The molecular formula is C24H26Cl2N4O3. The van der Waals surface area contributed by atoms with Crippen LogP contribution in [0.4, 0.5) is 0 Å². The van der Waals surface area contributed by atoms with Crippen LogP contribution in [-0.2, 0) is 11.2 Å². The van der Waals surface area contributed by atoms with E-state index in [0.717, 1.165) is 11.1 Å². The van der Waals surface area contributed by atoms with Crippen LogP contribution in [0.15, 0.2) is 52.7 Å². The molecule has 0 radical (unpaired) electrons. The van der Waals surface area contributed by atoms with Gasteiger partial charge in [0.25, 0.3) is 5.91 Å². The molecule has 0 bridgehead atoms. The summed E-state index contributed by atoms with van der Waals surface area (Å²) in [4.78, 5) is 30.8. The molecule has 4 N–H and O–H groups in total. The van der Waals surface area contributed by atoms with Crippen LogP contribution in [0, 0.1) is 0 Å². The molecule has 0 saturated heterocycles. The largest absolute Gasteiger partial charge is 0.495 e. The number of nitrogens with zero attached hydrogens (tertiary/aromatic N) is 2. The van der Waals surface area contributed by atoms with Crippen molar-refractivity contribution in [2.24, 2.45) is 16.5 Å². The highest BCUT2D eigenvalue weighted by Gasteiger charge is 2.32. The number of halogens is 2. The van der Waals surface area contributed by atoms with E-state index in [-0.39, 0.29) is 23.4 Å². The number of hydrogen-bond acceptors (Lipinski definition) is 5. The molecule has 0 fully saturated rings. The predicted molar refractivity (Wildman–Crippen MR) is 131 cm³/mol. The summed E-state index contributed by atoms with van der Waals surface area (Å²) in [5, 5.41) is 0.736. The van der Waals surface area contributed by atoms with Crippen LogP contribution in [0.2, 0.25) is 10.0 Å². The lowest BCUT2D eigenvalue weighted by Crippen LogP contribution is -2.46. The Kier molecular flexibility index (Phi) is 7.66. The number of primary amides is 1. The minimum atomic E-state index is -0.450. The number of nitrogens with two attached hydrogens (primary N) is 2. The zero-order chi connectivity index (χ0) is 24.3. The lowest BCUT2D eigenvalue weighted by molar-refractivity contribution is -0.117. The number of ether oxygens (including phenoxy) is 1. The molecule has 1 aliphatic rings. The third kappa shape index (κ3) is 5.15. The van der Waals surface area contributed by atoms with Gasteiger partial charge in [0.2, 0.25) is 5.91 Å². The smallest absolute Gasteiger partial charge is 0.256 e. The van der Waals surface area contributed by atoms with E-state index < -0.39 is 5.91 Å². The molecule has 0 aromatic heterocycles. The quantitative estimate of drug-likeness (QED) is 0.604. The van der Waals surface area contributed by atoms with E-state index in [2.05, 4.69) is 4.99 Å². The van der Waals surface area contributed by atoms with Crippen molar-refractivity contribution in [3.05, 3.63) is 74.4 Å². The number of hydrogen-bond donors (Lipinski definition) is 2. The Balaban J connectivity index is 1.95. The first kappa shape index (κ1) is 24.6. The summed E-state index contributed by atoms with van der Waals surface area (Å²) in [6.07, 6.45) is 0.562. The lowest BCUT2D eigenvalue weighted by Gasteiger charge is -2.36. The number of carbonyl (C=O) groups excluding carboxylic acids is 2. The van der Waals surface area contributed by atoms with Crippen molar-refractivity contribution in [3.63, 3.8) is 0 Å². The van der Waals surface area contributed by atoms with E-state index in [1.54, 1.807) is 42.3 Å². The third-order valence-electron chi connectivity index (χ3n) is 5.66. The van der Waals surface area contributed by atoms with Gasteiger partial charge in [-0.1, -0.05) is 29.3 Å². The zero-order valence-electron chi connectivity index (χ0n) is 18.7. The van der Waals surface area contributed by atoms with Crippen molar-refractivity contribution >= 4 is 40.7 Å². The van der Waals surface area contributed by atoms with Gasteiger partial charge in [0.15, 0.2) is 0 Å². The number of methoxy groups -OCH3 is 1.